The number of imide groups is 2. The summed E-state index contributed by atoms with van der Waals surface area (Å²) in [6, 6.07) is 13.2. The molecule has 3 aromatic carbocycles. The molecule has 0 aromatic heterocycles. The van der Waals surface area contributed by atoms with E-state index in [1.54, 1.807) is 0 Å². The van der Waals surface area contributed by atoms with Crippen molar-refractivity contribution in [1.29, 1.82) is 0 Å². The Morgan fingerprint density at radius 1 is 0.889 bits per heavy atom. The zero-order chi connectivity index (χ0) is 26.2. The molecule has 1 heterocycles. The number of amides is 4. The molecule has 3 aromatic rings. The van der Waals surface area contributed by atoms with E-state index < -0.39 is 33.5 Å². The number of carbonyl (C=O) groups excluding carboxylic acids is 3. The zero-order valence-electron chi connectivity index (χ0n) is 17.7. The van der Waals surface area contributed by atoms with Gasteiger partial charge in [0.05, 0.1) is 10.2 Å². The summed E-state index contributed by atoms with van der Waals surface area (Å²) in [5, 5.41) is 2.83. The van der Waals surface area contributed by atoms with Crippen molar-refractivity contribution in [2.45, 2.75) is 4.90 Å². The second-order valence-corrected chi connectivity index (χ2v) is 11.4. The Hall–Kier alpha value is -2.70. The molecule has 36 heavy (non-hydrogen) atoms. The van der Waals surface area contributed by atoms with Gasteiger partial charge in [-0.1, -0.05) is 39.1 Å². The normalized spacial score (nSPS) is 15.3. The van der Waals surface area contributed by atoms with E-state index in [0.717, 1.165) is 11.0 Å². The van der Waals surface area contributed by atoms with Gasteiger partial charge in [0.25, 0.3) is 11.8 Å². The van der Waals surface area contributed by atoms with Crippen LogP contribution in [0.5, 0.6) is 5.75 Å². The molecule has 0 unspecified atom stereocenters. The van der Waals surface area contributed by atoms with Crippen LogP contribution >= 0.6 is 55.1 Å². The summed E-state index contributed by atoms with van der Waals surface area (Å²) in [6.07, 6.45) is 1.13. The number of barbiturate groups is 1. The number of hydrogen-bond acceptors (Lipinski definition) is 6. The monoisotopic (exact) mass is 672 g/mol. The molecule has 8 nitrogen and oxygen atoms in total. The quantitative estimate of drug-likeness (QED) is 0.204. The largest absolute Gasteiger partial charge is 0.377 e. The number of rotatable bonds is 5. The lowest BCUT2D eigenvalue weighted by molar-refractivity contribution is -0.122. The molecule has 4 amide bonds. The summed E-state index contributed by atoms with van der Waals surface area (Å²) in [5.41, 5.74) is -0.182. The molecule has 0 spiro atoms. The number of carbonyl (C=O) groups is 3. The van der Waals surface area contributed by atoms with Gasteiger partial charge >= 0.3 is 16.1 Å². The average molecular weight is 675 g/mol. The molecule has 0 radical (unpaired) electrons. The van der Waals surface area contributed by atoms with Crippen molar-refractivity contribution in [3.63, 3.8) is 0 Å². The van der Waals surface area contributed by atoms with E-state index >= 15 is 0 Å². The fourth-order valence-electron chi connectivity index (χ4n) is 3.17. The van der Waals surface area contributed by atoms with Crippen molar-refractivity contribution in [1.82, 2.24) is 5.32 Å². The Morgan fingerprint density at radius 2 is 1.47 bits per heavy atom. The van der Waals surface area contributed by atoms with Crippen LogP contribution in [0, 0.1) is 0 Å². The molecule has 184 valence electrons. The highest BCUT2D eigenvalue weighted by atomic mass is 79.9. The van der Waals surface area contributed by atoms with Crippen LogP contribution in [0.2, 0.25) is 10.0 Å². The van der Waals surface area contributed by atoms with E-state index in [0.29, 0.717) is 14.5 Å². The topological polar surface area (TPSA) is 110 Å². The number of halogens is 4. The van der Waals surface area contributed by atoms with Crippen LogP contribution in [-0.2, 0) is 19.7 Å². The first-order chi connectivity index (χ1) is 17.0. The lowest BCUT2D eigenvalue weighted by Crippen LogP contribution is -2.54. The molecule has 13 heteroatoms. The van der Waals surface area contributed by atoms with Gasteiger partial charge in [0.1, 0.15) is 10.5 Å². The number of nitrogens with one attached hydrogen (secondary N) is 1. The summed E-state index contributed by atoms with van der Waals surface area (Å²) in [5.74, 6) is -2.07. The average Bonchev–Trinajstić information content (AvgIpc) is 2.80. The molecular formula is C23H12Br2Cl2N2O6S. The summed E-state index contributed by atoms with van der Waals surface area (Å²) in [6.45, 7) is 0. The predicted molar refractivity (Wildman–Crippen MR) is 142 cm³/mol. The molecule has 1 fully saturated rings. The van der Waals surface area contributed by atoms with E-state index in [4.69, 9.17) is 27.4 Å². The van der Waals surface area contributed by atoms with Gasteiger partial charge in [0, 0.05) is 20.1 Å². The third-order valence-corrected chi connectivity index (χ3v) is 7.61. The van der Waals surface area contributed by atoms with Crippen LogP contribution in [0.3, 0.4) is 0 Å². The number of hydrogen-bond donors (Lipinski definition) is 1. The Kier molecular flexibility index (Phi) is 7.58. The maximum absolute atomic E-state index is 13.2. The second-order valence-electron chi connectivity index (χ2n) is 7.23. The van der Waals surface area contributed by atoms with Gasteiger partial charge in [-0.3, -0.25) is 14.9 Å². The van der Waals surface area contributed by atoms with Gasteiger partial charge in [-0.05, 0) is 82.7 Å². The lowest BCUT2D eigenvalue weighted by atomic mass is 10.1. The van der Waals surface area contributed by atoms with Crippen LogP contribution in [-0.4, -0.2) is 26.3 Å². The molecule has 1 aliphatic rings. The second kappa shape index (κ2) is 10.3. The van der Waals surface area contributed by atoms with Gasteiger partial charge in [0.15, 0.2) is 5.75 Å². The lowest BCUT2D eigenvalue weighted by Gasteiger charge is -2.26. The van der Waals surface area contributed by atoms with E-state index in [2.05, 4.69) is 37.2 Å². The van der Waals surface area contributed by atoms with Crippen LogP contribution in [0.1, 0.15) is 5.56 Å². The maximum Gasteiger partial charge on any atom is 0.339 e. The zero-order valence-corrected chi connectivity index (χ0v) is 23.2. The van der Waals surface area contributed by atoms with Gasteiger partial charge in [-0.25, -0.2) is 9.69 Å². The Bertz CT molecular complexity index is 1540. The molecular weight excluding hydrogens is 663 g/mol. The summed E-state index contributed by atoms with van der Waals surface area (Å²) >= 11 is 18.3. The number of nitrogens with zero attached hydrogens (tertiary/aromatic N) is 1. The molecule has 1 N–H and O–H groups in total. The minimum Gasteiger partial charge on any atom is -0.377 e. The van der Waals surface area contributed by atoms with Gasteiger partial charge in [-0.15, -0.1) is 0 Å². The maximum atomic E-state index is 13.2. The standard InChI is InChI=1S/C23H12Br2Cl2N2O6S/c24-13-9-12(20(19(25)11-13)35-36(33,34)17-7-3-15(27)4-8-17)10-18-21(30)28-23(32)29(22(18)31)16-5-1-14(26)2-6-16/h1-11H,(H,28,30,32)/b18-10+. The fourth-order valence-corrected chi connectivity index (χ4v) is 5.84. The SMILES string of the molecule is O=C1NC(=O)N(c2ccc(Cl)cc2)C(=O)/C1=C/c1cc(Br)cc(Br)c1OS(=O)(=O)c1ccc(Cl)cc1. The van der Waals surface area contributed by atoms with Crippen molar-refractivity contribution < 1.29 is 27.0 Å². The molecule has 0 bridgehead atoms. The van der Waals surface area contributed by atoms with Gasteiger partial charge in [-0.2, -0.15) is 8.42 Å². The minimum absolute atomic E-state index is 0.0673. The Morgan fingerprint density at radius 3 is 2.08 bits per heavy atom. The van der Waals surface area contributed by atoms with E-state index in [-0.39, 0.29) is 26.4 Å². The van der Waals surface area contributed by atoms with E-state index in [9.17, 15) is 22.8 Å². The number of anilines is 1. The third kappa shape index (κ3) is 5.50. The van der Waals surface area contributed by atoms with Crippen LogP contribution in [0.25, 0.3) is 6.08 Å². The number of benzene rings is 3. The molecule has 0 atom stereocenters. The van der Waals surface area contributed by atoms with Crippen molar-refractivity contribution >= 4 is 94.8 Å². The highest BCUT2D eigenvalue weighted by molar-refractivity contribution is 9.11. The predicted octanol–water partition coefficient (Wildman–Crippen LogP) is 5.95. The highest BCUT2D eigenvalue weighted by Crippen LogP contribution is 2.37. The molecule has 0 aliphatic carbocycles. The van der Waals surface area contributed by atoms with Crippen molar-refractivity contribution in [3.8, 4) is 5.75 Å². The Balaban J connectivity index is 1.78. The van der Waals surface area contributed by atoms with Crippen LogP contribution in [0.15, 0.2) is 80.1 Å². The Labute approximate surface area is 232 Å². The first kappa shape index (κ1) is 26.4. The third-order valence-electron chi connectivity index (χ3n) is 4.82. The smallest absolute Gasteiger partial charge is 0.339 e. The summed E-state index contributed by atoms with van der Waals surface area (Å²) < 4.78 is 31.9. The molecule has 0 saturated carbocycles. The minimum atomic E-state index is -4.32. The van der Waals surface area contributed by atoms with Crippen molar-refractivity contribution in [3.05, 3.63) is 90.8 Å². The van der Waals surface area contributed by atoms with Crippen LogP contribution in [0.4, 0.5) is 10.5 Å². The van der Waals surface area contributed by atoms with Gasteiger partial charge < -0.3 is 4.18 Å². The number of urea groups is 1. The van der Waals surface area contributed by atoms with E-state index in [1.807, 2.05) is 0 Å². The molecule has 1 aliphatic heterocycles. The van der Waals surface area contributed by atoms with E-state index in [1.165, 1.54) is 60.7 Å². The fraction of sp³-hybridized carbons (Fsp3) is 0. The first-order valence-corrected chi connectivity index (χ1v) is 13.6. The molecule has 1 saturated heterocycles. The molecule has 4 rings (SSSR count). The first-order valence-electron chi connectivity index (χ1n) is 9.82. The van der Waals surface area contributed by atoms with Crippen molar-refractivity contribution in [2.75, 3.05) is 4.90 Å². The highest BCUT2D eigenvalue weighted by Gasteiger charge is 2.37. The van der Waals surface area contributed by atoms with Crippen molar-refractivity contribution in [2.24, 2.45) is 0 Å². The summed E-state index contributed by atoms with van der Waals surface area (Å²) in [4.78, 5) is 38.8. The van der Waals surface area contributed by atoms with Gasteiger partial charge in [0.2, 0.25) is 0 Å². The summed E-state index contributed by atoms with van der Waals surface area (Å²) in [7, 11) is -4.32. The van der Waals surface area contributed by atoms with Crippen LogP contribution < -0.4 is 14.4 Å².